The van der Waals surface area contributed by atoms with Crippen LogP contribution in [0.4, 0.5) is 0 Å². The van der Waals surface area contributed by atoms with E-state index in [0.29, 0.717) is 13.1 Å². The number of carboxylic acids is 1. The Morgan fingerprint density at radius 3 is 2.94 bits per heavy atom. The van der Waals surface area contributed by atoms with Crippen LogP contribution in [0.5, 0.6) is 0 Å². The van der Waals surface area contributed by atoms with E-state index >= 15 is 0 Å². The minimum atomic E-state index is -0.990. The zero-order valence-corrected chi connectivity index (χ0v) is 9.95. The highest BCUT2D eigenvalue weighted by Gasteiger charge is 2.24. The molecule has 0 spiro atoms. The topological polar surface area (TPSA) is 75.4 Å². The number of amides is 1. The van der Waals surface area contributed by atoms with E-state index in [2.05, 4.69) is 11.7 Å². The summed E-state index contributed by atoms with van der Waals surface area (Å²) in [6.07, 6.45) is 5.91. The summed E-state index contributed by atoms with van der Waals surface area (Å²) in [7, 11) is 0. The van der Waals surface area contributed by atoms with Crippen LogP contribution >= 0.6 is 0 Å². The maximum Gasteiger partial charge on any atom is 0.338 e. The SMILES string of the molecule is C=CC(=O)N1CCCC(n2cc(C(=O)O)cn2)C1. The summed E-state index contributed by atoms with van der Waals surface area (Å²) in [5.41, 5.74) is 0.169. The van der Waals surface area contributed by atoms with Gasteiger partial charge in [-0.15, -0.1) is 0 Å². The van der Waals surface area contributed by atoms with E-state index < -0.39 is 5.97 Å². The molecule has 1 fully saturated rings. The van der Waals surface area contributed by atoms with Crippen molar-refractivity contribution in [2.45, 2.75) is 18.9 Å². The summed E-state index contributed by atoms with van der Waals surface area (Å²) < 4.78 is 1.63. The second kappa shape index (κ2) is 5.03. The summed E-state index contributed by atoms with van der Waals surface area (Å²) in [6, 6.07) is 0.0377. The van der Waals surface area contributed by atoms with Crippen molar-refractivity contribution in [3.05, 3.63) is 30.6 Å². The Kier molecular flexibility index (Phi) is 3.45. The molecule has 1 aliphatic heterocycles. The van der Waals surface area contributed by atoms with Crippen LogP contribution < -0.4 is 0 Å². The summed E-state index contributed by atoms with van der Waals surface area (Å²) >= 11 is 0. The van der Waals surface area contributed by atoms with Gasteiger partial charge in [-0.3, -0.25) is 9.48 Å². The number of piperidine rings is 1. The Morgan fingerprint density at radius 1 is 1.56 bits per heavy atom. The first-order chi connectivity index (χ1) is 8.61. The average molecular weight is 249 g/mol. The van der Waals surface area contributed by atoms with Gasteiger partial charge in [0.2, 0.25) is 5.91 Å². The molecule has 0 radical (unpaired) electrons. The van der Waals surface area contributed by atoms with Gasteiger partial charge < -0.3 is 10.0 Å². The minimum absolute atomic E-state index is 0.0377. The molecule has 96 valence electrons. The summed E-state index contributed by atoms with van der Waals surface area (Å²) in [6.45, 7) is 4.73. The van der Waals surface area contributed by atoms with E-state index in [-0.39, 0.29) is 17.5 Å². The van der Waals surface area contributed by atoms with Crippen molar-refractivity contribution in [1.29, 1.82) is 0 Å². The monoisotopic (exact) mass is 249 g/mol. The highest BCUT2D eigenvalue weighted by molar-refractivity contribution is 5.87. The number of carbonyl (C=O) groups excluding carboxylic acids is 1. The molecule has 18 heavy (non-hydrogen) atoms. The van der Waals surface area contributed by atoms with E-state index in [1.54, 1.807) is 9.58 Å². The lowest BCUT2D eigenvalue weighted by atomic mass is 10.1. The Bertz CT molecular complexity index is 481. The third-order valence-electron chi connectivity index (χ3n) is 3.11. The van der Waals surface area contributed by atoms with Crippen LogP contribution in [-0.2, 0) is 4.79 Å². The fraction of sp³-hybridized carbons (Fsp3) is 0.417. The number of aromatic nitrogens is 2. The van der Waals surface area contributed by atoms with Gasteiger partial charge in [0, 0.05) is 19.3 Å². The molecule has 6 nitrogen and oxygen atoms in total. The van der Waals surface area contributed by atoms with Gasteiger partial charge >= 0.3 is 5.97 Å². The molecule has 1 aromatic rings. The van der Waals surface area contributed by atoms with E-state index in [9.17, 15) is 9.59 Å². The number of hydrogen-bond acceptors (Lipinski definition) is 3. The number of carbonyl (C=O) groups is 2. The highest BCUT2D eigenvalue weighted by Crippen LogP contribution is 2.21. The lowest BCUT2D eigenvalue weighted by Gasteiger charge is -2.32. The van der Waals surface area contributed by atoms with Crippen molar-refractivity contribution in [2.24, 2.45) is 0 Å². The number of nitrogens with zero attached hydrogens (tertiary/aromatic N) is 3. The lowest BCUT2D eigenvalue weighted by molar-refractivity contribution is -0.127. The van der Waals surface area contributed by atoms with Crippen LogP contribution in [0.1, 0.15) is 29.2 Å². The molecule has 1 atom stereocenters. The summed E-state index contributed by atoms with van der Waals surface area (Å²) in [4.78, 5) is 24.0. The molecule has 1 unspecified atom stereocenters. The molecule has 0 bridgehead atoms. The molecular formula is C12H15N3O3. The molecule has 2 rings (SSSR count). The second-order valence-electron chi connectivity index (χ2n) is 4.30. The Hall–Kier alpha value is -2.11. The molecule has 0 aliphatic carbocycles. The number of hydrogen-bond donors (Lipinski definition) is 1. The van der Waals surface area contributed by atoms with Crippen molar-refractivity contribution >= 4 is 11.9 Å². The molecule has 2 heterocycles. The molecule has 1 saturated heterocycles. The molecule has 1 aromatic heterocycles. The zero-order valence-electron chi connectivity index (χ0n) is 9.95. The first-order valence-electron chi connectivity index (χ1n) is 5.80. The third-order valence-corrected chi connectivity index (χ3v) is 3.11. The van der Waals surface area contributed by atoms with Crippen molar-refractivity contribution in [2.75, 3.05) is 13.1 Å². The standard InChI is InChI=1S/C12H15N3O3/c1-2-11(16)14-5-3-4-10(8-14)15-7-9(6-13-15)12(17)18/h2,6-7,10H,1,3-5,8H2,(H,17,18). The maximum absolute atomic E-state index is 11.5. The lowest BCUT2D eigenvalue weighted by Crippen LogP contribution is -2.39. The minimum Gasteiger partial charge on any atom is -0.478 e. The van der Waals surface area contributed by atoms with Gasteiger partial charge in [0.25, 0.3) is 0 Å². The van der Waals surface area contributed by atoms with E-state index in [1.807, 2.05) is 0 Å². The van der Waals surface area contributed by atoms with Gasteiger partial charge in [-0.1, -0.05) is 6.58 Å². The fourth-order valence-corrected chi connectivity index (χ4v) is 2.15. The van der Waals surface area contributed by atoms with Crippen LogP contribution in [0, 0.1) is 0 Å². The van der Waals surface area contributed by atoms with Gasteiger partial charge in [-0.2, -0.15) is 5.10 Å². The quantitative estimate of drug-likeness (QED) is 0.808. The maximum atomic E-state index is 11.5. The van der Waals surface area contributed by atoms with Gasteiger partial charge in [0.15, 0.2) is 0 Å². The highest BCUT2D eigenvalue weighted by atomic mass is 16.4. The zero-order chi connectivity index (χ0) is 13.1. The normalized spacial score (nSPS) is 19.6. The van der Waals surface area contributed by atoms with Gasteiger partial charge in [0.1, 0.15) is 0 Å². The number of aromatic carboxylic acids is 1. The van der Waals surface area contributed by atoms with Gasteiger partial charge in [0.05, 0.1) is 17.8 Å². The smallest absolute Gasteiger partial charge is 0.338 e. The van der Waals surface area contributed by atoms with Gasteiger partial charge in [-0.05, 0) is 18.9 Å². The van der Waals surface area contributed by atoms with Gasteiger partial charge in [-0.25, -0.2) is 4.79 Å². The van der Waals surface area contributed by atoms with Crippen LogP contribution in [0.2, 0.25) is 0 Å². The molecule has 0 saturated carbocycles. The number of likely N-dealkylation sites (tertiary alicyclic amines) is 1. The molecule has 1 amide bonds. The summed E-state index contributed by atoms with van der Waals surface area (Å²) in [5, 5.41) is 12.9. The molecule has 1 N–H and O–H groups in total. The molecular weight excluding hydrogens is 234 g/mol. The van der Waals surface area contributed by atoms with Crippen molar-refractivity contribution in [3.63, 3.8) is 0 Å². The van der Waals surface area contributed by atoms with E-state index in [4.69, 9.17) is 5.11 Å². The predicted molar refractivity (Wildman–Crippen MR) is 64.2 cm³/mol. The number of carboxylic acid groups (broad SMARTS) is 1. The van der Waals surface area contributed by atoms with Crippen molar-refractivity contribution < 1.29 is 14.7 Å². The third kappa shape index (κ3) is 2.42. The Balaban J connectivity index is 2.10. The Labute approximate surface area is 105 Å². The first-order valence-corrected chi connectivity index (χ1v) is 5.80. The molecule has 0 aromatic carbocycles. The fourth-order valence-electron chi connectivity index (χ4n) is 2.15. The Morgan fingerprint density at radius 2 is 2.33 bits per heavy atom. The van der Waals surface area contributed by atoms with Crippen LogP contribution in [-0.4, -0.2) is 44.8 Å². The number of rotatable bonds is 3. The summed E-state index contributed by atoms with van der Waals surface area (Å²) in [5.74, 6) is -1.08. The predicted octanol–water partition coefficient (Wildman–Crippen LogP) is 0.931. The van der Waals surface area contributed by atoms with Crippen molar-refractivity contribution in [3.8, 4) is 0 Å². The average Bonchev–Trinajstić information content (AvgIpc) is 2.88. The first kappa shape index (κ1) is 12.3. The molecule has 1 aliphatic rings. The van der Waals surface area contributed by atoms with Crippen LogP contribution in [0.25, 0.3) is 0 Å². The van der Waals surface area contributed by atoms with Crippen LogP contribution in [0.15, 0.2) is 25.0 Å². The largest absolute Gasteiger partial charge is 0.478 e. The van der Waals surface area contributed by atoms with E-state index in [0.717, 1.165) is 12.8 Å². The molecule has 6 heteroatoms. The van der Waals surface area contributed by atoms with Crippen LogP contribution in [0.3, 0.4) is 0 Å². The van der Waals surface area contributed by atoms with Crippen molar-refractivity contribution in [1.82, 2.24) is 14.7 Å². The van der Waals surface area contributed by atoms with E-state index in [1.165, 1.54) is 18.5 Å². The second-order valence-corrected chi connectivity index (χ2v) is 4.30.